The number of carboxylic acids is 1. The molecule has 0 bridgehead atoms. The first-order valence-corrected chi connectivity index (χ1v) is 14.8. The molecule has 5 N–H and O–H groups in total. The molecule has 1 aliphatic heterocycles. The van der Waals surface area contributed by atoms with Crippen molar-refractivity contribution in [1.82, 2.24) is 9.21 Å². The van der Waals surface area contributed by atoms with Crippen LogP contribution in [0.25, 0.3) is 6.08 Å². The first-order chi connectivity index (χ1) is 20.0. The van der Waals surface area contributed by atoms with E-state index in [0.29, 0.717) is 39.6 Å². The molecular weight excluding hydrogens is 582 g/mol. The Hall–Kier alpha value is -4.39. The highest BCUT2D eigenvalue weighted by atomic mass is 35.5. The fourth-order valence-electron chi connectivity index (χ4n) is 4.46. The number of carbonyl (C=O) groups is 2. The van der Waals surface area contributed by atoms with E-state index < -0.39 is 28.6 Å². The molecule has 11 nitrogen and oxygen atoms in total. The predicted molar refractivity (Wildman–Crippen MR) is 161 cm³/mol. The van der Waals surface area contributed by atoms with E-state index in [1.54, 1.807) is 77.7 Å². The van der Waals surface area contributed by atoms with Gasteiger partial charge in [0, 0.05) is 41.7 Å². The molecule has 1 saturated heterocycles. The molecular formula is C29H30ClN5O6S. The Labute approximate surface area is 248 Å². The zero-order valence-corrected chi connectivity index (χ0v) is 24.0. The predicted octanol–water partition coefficient (Wildman–Crippen LogP) is 3.43. The van der Waals surface area contributed by atoms with Crippen molar-refractivity contribution in [2.45, 2.75) is 19.0 Å². The van der Waals surface area contributed by atoms with Gasteiger partial charge in [0.1, 0.15) is 5.75 Å². The van der Waals surface area contributed by atoms with Gasteiger partial charge in [-0.25, -0.2) is 18.2 Å². The number of hydrogen-bond acceptors (Lipinski definition) is 6. The number of nitrogens with zero attached hydrogens (tertiary/aromatic N) is 3. The number of benzene rings is 3. The van der Waals surface area contributed by atoms with Crippen LogP contribution in [0.15, 0.2) is 83.2 Å². The number of carboxylic acid groups (broad SMARTS) is 1. The molecule has 42 heavy (non-hydrogen) atoms. The molecule has 13 heteroatoms. The summed E-state index contributed by atoms with van der Waals surface area (Å²) in [5, 5.41) is 10.6. The number of amides is 1. The van der Waals surface area contributed by atoms with Gasteiger partial charge in [-0.05, 0) is 72.2 Å². The minimum absolute atomic E-state index is 0.0975. The summed E-state index contributed by atoms with van der Waals surface area (Å²) in [4.78, 5) is 30.3. The van der Waals surface area contributed by atoms with Crippen molar-refractivity contribution in [3.8, 4) is 5.75 Å². The van der Waals surface area contributed by atoms with Crippen molar-refractivity contribution < 1.29 is 27.9 Å². The van der Waals surface area contributed by atoms with Crippen molar-refractivity contribution in [2.75, 3.05) is 19.7 Å². The average Bonchev–Trinajstić information content (AvgIpc) is 3.46. The van der Waals surface area contributed by atoms with E-state index in [1.165, 1.54) is 10.4 Å². The molecule has 1 fully saturated rings. The molecule has 0 radical (unpaired) electrons. The monoisotopic (exact) mass is 611 g/mol. The van der Waals surface area contributed by atoms with Gasteiger partial charge in [0.15, 0.2) is 12.6 Å². The zero-order valence-electron chi connectivity index (χ0n) is 22.5. The second kappa shape index (κ2) is 13.5. The Morgan fingerprint density at radius 3 is 2.48 bits per heavy atom. The van der Waals surface area contributed by atoms with Gasteiger partial charge in [-0.15, -0.1) is 0 Å². The van der Waals surface area contributed by atoms with Crippen LogP contribution in [0, 0.1) is 0 Å². The Kier molecular flexibility index (Phi) is 9.84. The van der Waals surface area contributed by atoms with Crippen LogP contribution in [0.4, 0.5) is 5.69 Å². The number of aliphatic carboxylic acids is 1. The molecule has 1 amide bonds. The number of hydrogen-bond donors (Lipinski definition) is 3. The number of nitrogens with two attached hydrogens (primary N) is 2. The summed E-state index contributed by atoms with van der Waals surface area (Å²) >= 11 is 5.91. The minimum atomic E-state index is -3.77. The highest BCUT2D eigenvalue weighted by Crippen LogP contribution is 2.26. The van der Waals surface area contributed by atoms with Gasteiger partial charge in [-0.3, -0.25) is 4.79 Å². The Balaban J connectivity index is 1.57. The molecule has 3 aromatic rings. The second-order valence-electron chi connectivity index (χ2n) is 9.55. The van der Waals surface area contributed by atoms with Gasteiger partial charge in [0.05, 0.1) is 5.69 Å². The summed E-state index contributed by atoms with van der Waals surface area (Å²) in [6, 6.07) is 19.5. The third kappa shape index (κ3) is 8.32. The number of rotatable bonds is 11. The summed E-state index contributed by atoms with van der Waals surface area (Å²) in [5.74, 6) is -1.20. The topological polar surface area (TPSA) is 169 Å². The van der Waals surface area contributed by atoms with E-state index in [0.717, 1.165) is 5.41 Å². The third-order valence-corrected chi connectivity index (χ3v) is 8.26. The van der Waals surface area contributed by atoms with Crippen LogP contribution in [0.1, 0.15) is 27.9 Å². The van der Waals surface area contributed by atoms with E-state index in [4.69, 9.17) is 32.9 Å². The van der Waals surface area contributed by atoms with Crippen LogP contribution in [0.3, 0.4) is 0 Å². The molecule has 0 saturated carbocycles. The number of carbonyl (C=O) groups excluding carboxylic acids is 1. The molecule has 1 heterocycles. The van der Waals surface area contributed by atoms with E-state index in [9.17, 15) is 18.0 Å². The fraction of sp³-hybridized carbons (Fsp3) is 0.207. The van der Waals surface area contributed by atoms with E-state index in [-0.39, 0.29) is 31.5 Å². The number of sulfonamides is 1. The van der Waals surface area contributed by atoms with Gasteiger partial charge in [-0.2, -0.15) is 4.31 Å². The number of halogens is 1. The van der Waals surface area contributed by atoms with Crippen LogP contribution < -0.4 is 16.2 Å². The SMILES string of the molecule is NC(N)=Nc1ccc(C(=O)N(Cc2cccc(OCC(=O)O)c2)C2CCN(S(=O)(=O)/C=C/c3ccc(Cl)cc3)C2)cc1. The second-order valence-corrected chi connectivity index (χ2v) is 11.8. The van der Waals surface area contributed by atoms with E-state index >= 15 is 0 Å². The van der Waals surface area contributed by atoms with Crippen LogP contribution in [-0.2, 0) is 21.4 Å². The normalized spacial score (nSPS) is 15.4. The molecule has 0 aromatic heterocycles. The minimum Gasteiger partial charge on any atom is -0.482 e. The van der Waals surface area contributed by atoms with Gasteiger partial charge >= 0.3 is 5.97 Å². The molecule has 1 aliphatic rings. The van der Waals surface area contributed by atoms with Crippen LogP contribution in [-0.4, -0.2) is 66.3 Å². The number of aliphatic imine (C=N–C) groups is 1. The standard InChI is InChI=1S/C29H30ClN5O6S/c30-23-8-4-20(5-9-23)13-15-42(39,40)34-14-12-25(18-34)35(17-21-2-1-3-26(16-21)41-19-27(36)37)28(38)22-6-10-24(11-7-22)33-29(31)32/h1-11,13,15-16,25H,12,14,17-19H2,(H,36,37)(H4,31,32,33)/b15-13+. The zero-order chi connectivity index (χ0) is 30.3. The van der Waals surface area contributed by atoms with Crippen molar-refractivity contribution >= 4 is 51.2 Å². The lowest BCUT2D eigenvalue weighted by molar-refractivity contribution is -0.139. The summed E-state index contributed by atoms with van der Waals surface area (Å²) in [7, 11) is -3.77. The van der Waals surface area contributed by atoms with Crippen molar-refractivity contribution in [2.24, 2.45) is 16.5 Å². The first kappa shape index (κ1) is 30.6. The van der Waals surface area contributed by atoms with Gasteiger partial charge in [0.2, 0.25) is 10.0 Å². The maximum atomic E-state index is 13.8. The Morgan fingerprint density at radius 2 is 1.81 bits per heavy atom. The van der Waals surface area contributed by atoms with Crippen molar-refractivity contribution in [3.63, 3.8) is 0 Å². The van der Waals surface area contributed by atoms with Gasteiger partial charge in [-0.1, -0.05) is 35.9 Å². The van der Waals surface area contributed by atoms with Crippen LogP contribution in [0.5, 0.6) is 5.75 Å². The smallest absolute Gasteiger partial charge is 0.341 e. The first-order valence-electron chi connectivity index (χ1n) is 12.9. The van der Waals surface area contributed by atoms with Gasteiger partial charge < -0.3 is 26.2 Å². The van der Waals surface area contributed by atoms with Crippen LogP contribution >= 0.6 is 11.6 Å². The molecule has 4 rings (SSSR count). The third-order valence-electron chi connectivity index (χ3n) is 6.48. The van der Waals surface area contributed by atoms with Crippen LogP contribution in [0.2, 0.25) is 5.02 Å². The Morgan fingerprint density at radius 1 is 1.10 bits per heavy atom. The largest absolute Gasteiger partial charge is 0.482 e. The molecule has 0 aliphatic carbocycles. The van der Waals surface area contributed by atoms with Crippen molar-refractivity contribution in [3.05, 3.63) is 99.9 Å². The van der Waals surface area contributed by atoms with E-state index in [2.05, 4.69) is 4.99 Å². The lowest BCUT2D eigenvalue weighted by Gasteiger charge is -2.29. The molecule has 1 atom stereocenters. The highest BCUT2D eigenvalue weighted by Gasteiger charge is 2.35. The molecule has 220 valence electrons. The van der Waals surface area contributed by atoms with E-state index in [1.807, 2.05) is 0 Å². The maximum Gasteiger partial charge on any atom is 0.341 e. The quantitative estimate of drug-likeness (QED) is 0.219. The molecule has 0 spiro atoms. The average molecular weight is 612 g/mol. The van der Waals surface area contributed by atoms with Gasteiger partial charge in [0.25, 0.3) is 5.91 Å². The Bertz CT molecular complexity index is 1590. The highest BCUT2D eigenvalue weighted by molar-refractivity contribution is 7.92. The molecule has 1 unspecified atom stereocenters. The summed E-state index contributed by atoms with van der Waals surface area (Å²) < 4.78 is 32.9. The lowest BCUT2D eigenvalue weighted by Crippen LogP contribution is -2.42. The van der Waals surface area contributed by atoms with Crippen molar-refractivity contribution in [1.29, 1.82) is 0 Å². The number of guanidine groups is 1. The lowest BCUT2D eigenvalue weighted by atomic mass is 10.1. The summed E-state index contributed by atoms with van der Waals surface area (Å²) in [6.45, 7) is -0.0433. The maximum absolute atomic E-state index is 13.8. The molecule has 3 aromatic carbocycles. The fourth-order valence-corrected chi connectivity index (χ4v) is 5.82. The summed E-state index contributed by atoms with van der Waals surface area (Å²) in [6.07, 6.45) is 1.92. The summed E-state index contributed by atoms with van der Waals surface area (Å²) in [5.41, 5.74) is 13.1. The number of ether oxygens (including phenoxy) is 1.